The molecule has 1 aliphatic carbocycles. The predicted molar refractivity (Wildman–Crippen MR) is 84.6 cm³/mol. The van der Waals surface area contributed by atoms with E-state index in [0.29, 0.717) is 19.4 Å². The number of benzene rings is 1. The Morgan fingerprint density at radius 1 is 1.04 bits per heavy atom. The second-order valence-corrected chi connectivity index (χ2v) is 6.34. The zero-order chi connectivity index (χ0) is 16.0. The zero-order valence-electron chi connectivity index (χ0n) is 12.8. The van der Waals surface area contributed by atoms with Gasteiger partial charge in [-0.25, -0.2) is 0 Å². The fraction of sp³-hybridized carbons (Fsp3) is 0.389. The molecule has 1 saturated heterocycles. The smallest absolute Gasteiger partial charge is 0.247 e. The van der Waals surface area contributed by atoms with Crippen molar-refractivity contribution in [2.24, 2.45) is 11.8 Å². The number of amides is 3. The molecular formula is C18H18N2O3. The Bertz CT molecular complexity index is 699. The van der Waals surface area contributed by atoms with Gasteiger partial charge in [-0.3, -0.25) is 19.3 Å². The molecule has 1 fully saturated rings. The van der Waals surface area contributed by atoms with E-state index in [-0.39, 0.29) is 36.1 Å². The van der Waals surface area contributed by atoms with Gasteiger partial charge in [0.1, 0.15) is 6.54 Å². The van der Waals surface area contributed by atoms with Crippen LogP contribution in [-0.2, 0) is 20.8 Å². The number of imide groups is 1. The molecule has 3 amide bonds. The molecule has 1 aromatic rings. The van der Waals surface area contributed by atoms with Gasteiger partial charge in [-0.1, -0.05) is 30.4 Å². The Morgan fingerprint density at radius 3 is 2.39 bits per heavy atom. The SMILES string of the molecule is O=C1[C@@H]2CC=CC[C@H]2C(=O)N1CC(=O)N1CCc2ccccc21. The van der Waals surface area contributed by atoms with Crippen LogP contribution in [0.5, 0.6) is 0 Å². The van der Waals surface area contributed by atoms with Gasteiger partial charge in [-0.2, -0.15) is 0 Å². The van der Waals surface area contributed by atoms with Crippen molar-refractivity contribution in [1.29, 1.82) is 0 Å². The van der Waals surface area contributed by atoms with E-state index in [0.717, 1.165) is 17.7 Å². The Labute approximate surface area is 134 Å². The van der Waals surface area contributed by atoms with Gasteiger partial charge in [-0.05, 0) is 30.9 Å². The lowest BCUT2D eigenvalue weighted by Crippen LogP contribution is -2.42. The van der Waals surface area contributed by atoms with Crippen molar-refractivity contribution in [3.63, 3.8) is 0 Å². The van der Waals surface area contributed by atoms with Gasteiger partial charge in [0.2, 0.25) is 17.7 Å². The minimum atomic E-state index is -0.272. The number of hydrogen-bond donors (Lipinski definition) is 0. The van der Waals surface area contributed by atoms with Crippen LogP contribution in [-0.4, -0.2) is 35.7 Å². The van der Waals surface area contributed by atoms with Crippen LogP contribution in [0, 0.1) is 11.8 Å². The number of nitrogens with zero attached hydrogens (tertiary/aromatic N) is 2. The van der Waals surface area contributed by atoms with Crippen molar-refractivity contribution in [2.45, 2.75) is 19.3 Å². The Balaban J connectivity index is 1.52. The lowest BCUT2D eigenvalue weighted by Gasteiger charge is -2.21. The van der Waals surface area contributed by atoms with E-state index < -0.39 is 0 Å². The van der Waals surface area contributed by atoms with E-state index in [4.69, 9.17) is 0 Å². The number of carbonyl (C=O) groups is 3. The quantitative estimate of drug-likeness (QED) is 0.615. The molecule has 4 rings (SSSR count). The van der Waals surface area contributed by atoms with Crippen LogP contribution in [0.2, 0.25) is 0 Å². The largest absolute Gasteiger partial charge is 0.310 e. The summed E-state index contributed by atoms with van der Waals surface area (Å²) < 4.78 is 0. The second kappa shape index (κ2) is 5.33. The molecule has 0 aromatic heterocycles. The van der Waals surface area contributed by atoms with Crippen LogP contribution in [0.15, 0.2) is 36.4 Å². The van der Waals surface area contributed by atoms with E-state index >= 15 is 0 Å². The molecule has 2 aliphatic heterocycles. The first kappa shape index (κ1) is 14.2. The van der Waals surface area contributed by atoms with Gasteiger partial charge in [0.05, 0.1) is 11.8 Å². The number of hydrogen-bond acceptors (Lipinski definition) is 3. The lowest BCUT2D eigenvalue weighted by atomic mass is 9.85. The standard InChI is InChI=1S/C18H18N2O3/c21-16(19-10-9-12-5-1-4-8-15(12)19)11-20-17(22)13-6-2-3-7-14(13)18(20)23/h1-5,8,13-14H,6-7,9-11H2/t13-,14-/m1/s1. The first-order chi connectivity index (χ1) is 11.2. The molecule has 0 bridgehead atoms. The number of allylic oxidation sites excluding steroid dienone is 2. The van der Waals surface area contributed by atoms with Crippen molar-refractivity contribution in [3.8, 4) is 0 Å². The summed E-state index contributed by atoms with van der Waals surface area (Å²) in [6, 6.07) is 7.78. The maximum absolute atomic E-state index is 12.6. The molecule has 2 heterocycles. The number of fused-ring (bicyclic) bond motifs is 2. The first-order valence-electron chi connectivity index (χ1n) is 8.05. The lowest BCUT2D eigenvalue weighted by molar-refractivity contribution is -0.143. The van der Waals surface area contributed by atoms with Crippen LogP contribution >= 0.6 is 0 Å². The number of likely N-dealkylation sites (tertiary alicyclic amines) is 1. The molecule has 0 radical (unpaired) electrons. The first-order valence-corrected chi connectivity index (χ1v) is 8.05. The predicted octanol–water partition coefficient (Wildman–Crippen LogP) is 1.53. The Kier molecular flexibility index (Phi) is 3.29. The average molecular weight is 310 g/mol. The van der Waals surface area contributed by atoms with Gasteiger partial charge in [-0.15, -0.1) is 0 Å². The number of carbonyl (C=O) groups excluding carboxylic acids is 3. The topological polar surface area (TPSA) is 57.7 Å². The fourth-order valence-corrected chi connectivity index (χ4v) is 3.84. The summed E-state index contributed by atoms with van der Waals surface area (Å²) in [5.74, 6) is -1.10. The zero-order valence-corrected chi connectivity index (χ0v) is 12.8. The second-order valence-electron chi connectivity index (χ2n) is 6.34. The van der Waals surface area contributed by atoms with Gasteiger partial charge in [0.15, 0.2) is 0 Å². The molecule has 2 atom stereocenters. The van der Waals surface area contributed by atoms with E-state index in [1.54, 1.807) is 4.90 Å². The van der Waals surface area contributed by atoms with Gasteiger partial charge in [0.25, 0.3) is 0 Å². The summed E-state index contributed by atoms with van der Waals surface area (Å²) in [5.41, 5.74) is 2.04. The summed E-state index contributed by atoms with van der Waals surface area (Å²) in [4.78, 5) is 40.4. The molecule has 118 valence electrons. The van der Waals surface area contributed by atoms with E-state index in [2.05, 4.69) is 0 Å². The summed E-state index contributed by atoms with van der Waals surface area (Å²) >= 11 is 0. The molecule has 1 aromatic carbocycles. The Morgan fingerprint density at radius 2 is 1.70 bits per heavy atom. The Hall–Kier alpha value is -2.43. The summed E-state index contributed by atoms with van der Waals surface area (Å²) in [6.45, 7) is 0.474. The molecule has 0 unspecified atom stereocenters. The third-order valence-corrected chi connectivity index (χ3v) is 5.08. The van der Waals surface area contributed by atoms with E-state index in [1.165, 1.54) is 4.90 Å². The summed E-state index contributed by atoms with van der Waals surface area (Å²) in [6.07, 6.45) is 5.93. The van der Waals surface area contributed by atoms with Crippen LogP contribution in [0.25, 0.3) is 0 Å². The van der Waals surface area contributed by atoms with Crippen molar-refractivity contribution >= 4 is 23.4 Å². The van der Waals surface area contributed by atoms with Crippen molar-refractivity contribution in [3.05, 3.63) is 42.0 Å². The maximum atomic E-state index is 12.6. The van der Waals surface area contributed by atoms with Crippen molar-refractivity contribution in [2.75, 3.05) is 18.0 Å². The minimum absolute atomic E-state index is 0.140. The summed E-state index contributed by atoms with van der Waals surface area (Å²) in [5, 5.41) is 0. The fourth-order valence-electron chi connectivity index (χ4n) is 3.84. The highest BCUT2D eigenvalue weighted by Gasteiger charge is 2.48. The van der Waals surface area contributed by atoms with E-state index in [1.807, 2.05) is 36.4 Å². The molecule has 3 aliphatic rings. The molecule has 5 nitrogen and oxygen atoms in total. The minimum Gasteiger partial charge on any atom is -0.310 e. The van der Waals surface area contributed by atoms with Crippen LogP contribution in [0.1, 0.15) is 18.4 Å². The average Bonchev–Trinajstić information content (AvgIpc) is 3.11. The normalized spacial score (nSPS) is 25.7. The molecule has 0 spiro atoms. The molecule has 0 N–H and O–H groups in total. The monoisotopic (exact) mass is 310 g/mol. The van der Waals surface area contributed by atoms with Crippen molar-refractivity contribution < 1.29 is 14.4 Å². The molecular weight excluding hydrogens is 292 g/mol. The third-order valence-electron chi connectivity index (χ3n) is 5.08. The maximum Gasteiger partial charge on any atom is 0.247 e. The van der Waals surface area contributed by atoms with Gasteiger partial charge in [0, 0.05) is 12.2 Å². The van der Waals surface area contributed by atoms with Crippen LogP contribution < -0.4 is 4.90 Å². The van der Waals surface area contributed by atoms with Crippen LogP contribution in [0.3, 0.4) is 0 Å². The highest BCUT2D eigenvalue weighted by Crippen LogP contribution is 2.35. The number of anilines is 1. The number of rotatable bonds is 2. The van der Waals surface area contributed by atoms with Gasteiger partial charge < -0.3 is 4.90 Å². The van der Waals surface area contributed by atoms with Gasteiger partial charge >= 0.3 is 0 Å². The molecule has 0 saturated carbocycles. The number of para-hydroxylation sites is 1. The molecule has 23 heavy (non-hydrogen) atoms. The van der Waals surface area contributed by atoms with Crippen LogP contribution in [0.4, 0.5) is 5.69 Å². The summed E-state index contributed by atoms with van der Waals surface area (Å²) in [7, 11) is 0. The molecule has 5 heteroatoms. The highest BCUT2D eigenvalue weighted by molar-refractivity contribution is 6.09. The van der Waals surface area contributed by atoms with E-state index in [9.17, 15) is 14.4 Å². The highest BCUT2D eigenvalue weighted by atomic mass is 16.2. The third kappa shape index (κ3) is 2.19. The van der Waals surface area contributed by atoms with Crippen molar-refractivity contribution in [1.82, 2.24) is 4.90 Å².